The second kappa shape index (κ2) is 7.23. The molecule has 0 spiro atoms. The van der Waals surface area contributed by atoms with Crippen LogP contribution in [0.2, 0.25) is 0 Å². The summed E-state index contributed by atoms with van der Waals surface area (Å²) in [5.74, 6) is 0.413. The van der Waals surface area contributed by atoms with Gasteiger partial charge in [0.1, 0.15) is 5.82 Å². The second-order valence-electron chi connectivity index (χ2n) is 7.29. The molecule has 1 amide bonds. The van der Waals surface area contributed by atoms with Crippen LogP contribution >= 0.6 is 0 Å². The number of benzene rings is 1. The lowest BCUT2D eigenvalue weighted by molar-refractivity contribution is -0.128. The Balaban J connectivity index is 1.84. The molecule has 0 aromatic heterocycles. The van der Waals surface area contributed by atoms with Crippen molar-refractivity contribution in [3.63, 3.8) is 0 Å². The van der Waals surface area contributed by atoms with E-state index in [-0.39, 0.29) is 17.1 Å². The van der Waals surface area contributed by atoms with Crippen LogP contribution in [0.25, 0.3) is 0 Å². The van der Waals surface area contributed by atoms with Gasteiger partial charge in [-0.1, -0.05) is 39.0 Å². The number of rotatable bonds is 4. The largest absolute Gasteiger partial charge is 0.355 e. The predicted octanol–water partition coefficient (Wildman–Crippen LogP) is 3.20. The van der Waals surface area contributed by atoms with Gasteiger partial charge in [0.05, 0.1) is 0 Å². The third-order valence-electron chi connectivity index (χ3n) is 4.19. The number of nitrogens with one attached hydrogen (secondary N) is 1. The van der Waals surface area contributed by atoms with Crippen LogP contribution in [0, 0.1) is 17.2 Å². The summed E-state index contributed by atoms with van der Waals surface area (Å²) in [6.07, 6.45) is 2.22. The SMILES string of the molecule is CC(C)(C)C(=O)NCC1CCCN(Cc2ccccc2F)C1. The molecule has 1 aliphatic rings. The first kappa shape index (κ1) is 16.9. The fraction of sp³-hybridized carbons (Fsp3) is 0.611. The van der Waals surface area contributed by atoms with Crippen LogP contribution < -0.4 is 5.32 Å². The van der Waals surface area contributed by atoms with Crippen molar-refractivity contribution in [3.05, 3.63) is 35.6 Å². The second-order valence-corrected chi connectivity index (χ2v) is 7.29. The fourth-order valence-electron chi connectivity index (χ4n) is 2.83. The van der Waals surface area contributed by atoms with Gasteiger partial charge in [0.15, 0.2) is 0 Å². The van der Waals surface area contributed by atoms with Gasteiger partial charge in [-0.2, -0.15) is 0 Å². The molecule has 1 aromatic carbocycles. The summed E-state index contributed by atoms with van der Waals surface area (Å²) in [5, 5.41) is 3.05. The number of nitrogens with zero attached hydrogens (tertiary/aromatic N) is 1. The zero-order valence-electron chi connectivity index (χ0n) is 13.9. The maximum atomic E-state index is 13.7. The minimum Gasteiger partial charge on any atom is -0.355 e. The molecule has 1 atom stereocenters. The molecule has 0 bridgehead atoms. The topological polar surface area (TPSA) is 32.3 Å². The number of hydrogen-bond acceptors (Lipinski definition) is 2. The summed E-state index contributed by atoms with van der Waals surface area (Å²) in [6, 6.07) is 6.96. The number of piperidine rings is 1. The van der Waals surface area contributed by atoms with E-state index in [2.05, 4.69) is 10.2 Å². The first-order chi connectivity index (χ1) is 10.4. The number of halogens is 1. The molecule has 1 N–H and O–H groups in total. The Bertz CT molecular complexity index is 510. The van der Waals surface area contributed by atoms with Crippen LogP contribution in [-0.2, 0) is 11.3 Å². The highest BCUT2D eigenvalue weighted by atomic mass is 19.1. The minimum atomic E-state index is -0.346. The van der Waals surface area contributed by atoms with E-state index in [1.807, 2.05) is 32.9 Å². The van der Waals surface area contributed by atoms with Crippen molar-refractivity contribution >= 4 is 5.91 Å². The van der Waals surface area contributed by atoms with E-state index in [0.29, 0.717) is 19.0 Å². The van der Waals surface area contributed by atoms with Crippen LogP contribution in [0.5, 0.6) is 0 Å². The third kappa shape index (κ3) is 4.80. The van der Waals surface area contributed by atoms with E-state index < -0.39 is 0 Å². The molecule has 3 nitrogen and oxygen atoms in total. The number of likely N-dealkylation sites (tertiary alicyclic amines) is 1. The van der Waals surface area contributed by atoms with E-state index in [4.69, 9.17) is 0 Å². The molecular weight excluding hydrogens is 279 g/mol. The molecule has 22 heavy (non-hydrogen) atoms. The Hall–Kier alpha value is -1.42. The average molecular weight is 306 g/mol. The Kier molecular flexibility index (Phi) is 5.57. The maximum Gasteiger partial charge on any atom is 0.225 e. The fourth-order valence-corrected chi connectivity index (χ4v) is 2.83. The van der Waals surface area contributed by atoms with Crippen molar-refractivity contribution in [1.29, 1.82) is 0 Å². The van der Waals surface area contributed by atoms with Crippen molar-refractivity contribution in [2.24, 2.45) is 11.3 Å². The summed E-state index contributed by atoms with van der Waals surface area (Å²) >= 11 is 0. The molecule has 1 aliphatic heterocycles. The molecule has 4 heteroatoms. The number of carbonyl (C=O) groups excluding carboxylic acids is 1. The number of hydrogen-bond donors (Lipinski definition) is 1. The Labute approximate surface area is 132 Å². The van der Waals surface area contributed by atoms with Crippen molar-refractivity contribution in [3.8, 4) is 0 Å². The molecular formula is C18H27FN2O. The molecule has 0 radical (unpaired) electrons. The van der Waals surface area contributed by atoms with E-state index in [0.717, 1.165) is 31.5 Å². The van der Waals surface area contributed by atoms with E-state index in [9.17, 15) is 9.18 Å². The van der Waals surface area contributed by atoms with Gasteiger partial charge in [-0.05, 0) is 31.4 Å². The van der Waals surface area contributed by atoms with Gasteiger partial charge in [-0.25, -0.2) is 4.39 Å². The van der Waals surface area contributed by atoms with Gasteiger partial charge in [0, 0.05) is 30.6 Å². The normalized spacial score (nSPS) is 19.9. The van der Waals surface area contributed by atoms with Crippen LogP contribution in [0.4, 0.5) is 4.39 Å². The third-order valence-corrected chi connectivity index (χ3v) is 4.19. The molecule has 0 saturated carbocycles. The van der Waals surface area contributed by atoms with Gasteiger partial charge in [-0.3, -0.25) is 9.69 Å². The predicted molar refractivity (Wildman–Crippen MR) is 86.9 cm³/mol. The Morgan fingerprint density at radius 3 is 2.77 bits per heavy atom. The first-order valence-electron chi connectivity index (χ1n) is 8.10. The highest BCUT2D eigenvalue weighted by molar-refractivity contribution is 5.81. The molecule has 1 heterocycles. The summed E-state index contributed by atoms with van der Waals surface area (Å²) in [5.41, 5.74) is 0.406. The summed E-state index contributed by atoms with van der Waals surface area (Å²) in [6.45, 7) is 9.05. The monoisotopic (exact) mass is 306 g/mol. The van der Waals surface area contributed by atoms with Crippen LogP contribution in [0.1, 0.15) is 39.2 Å². The molecule has 0 aliphatic carbocycles. The summed E-state index contributed by atoms with van der Waals surface area (Å²) < 4.78 is 13.7. The molecule has 1 unspecified atom stereocenters. The molecule has 2 rings (SSSR count). The van der Waals surface area contributed by atoms with Crippen molar-refractivity contribution in [2.75, 3.05) is 19.6 Å². The lowest BCUT2D eigenvalue weighted by Crippen LogP contribution is -2.43. The van der Waals surface area contributed by atoms with Gasteiger partial charge in [0.25, 0.3) is 0 Å². The van der Waals surface area contributed by atoms with Crippen molar-refractivity contribution < 1.29 is 9.18 Å². The van der Waals surface area contributed by atoms with Gasteiger partial charge in [-0.15, -0.1) is 0 Å². The first-order valence-corrected chi connectivity index (χ1v) is 8.10. The zero-order valence-corrected chi connectivity index (χ0v) is 13.9. The maximum absolute atomic E-state index is 13.7. The zero-order chi connectivity index (χ0) is 16.2. The van der Waals surface area contributed by atoms with Crippen LogP contribution in [0.15, 0.2) is 24.3 Å². The van der Waals surface area contributed by atoms with Crippen molar-refractivity contribution in [1.82, 2.24) is 10.2 Å². The van der Waals surface area contributed by atoms with Crippen LogP contribution in [0.3, 0.4) is 0 Å². The quantitative estimate of drug-likeness (QED) is 0.926. The standard InChI is InChI=1S/C18H27FN2O/c1-18(2,3)17(22)20-11-14-7-6-10-21(12-14)13-15-8-4-5-9-16(15)19/h4-5,8-9,14H,6-7,10-13H2,1-3H3,(H,20,22). The molecule has 1 aromatic rings. The van der Waals surface area contributed by atoms with Gasteiger partial charge in [0.2, 0.25) is 5.91 Å². The van der Waals surface area contributed by atoms with Crippen LogP contribution in [-0.4, -0.2) is 30.4 Å². The van der Waals surface area contributed by atoms with E-state index in [1.54, 1.807) is 6.07 Å². The highest BCUT2D eigenvalue weighted by Gasteiger charge is 2.24. The van der Waals surface area contributed by atoms with Gasteiger partial charge < -0.3 is 5.32 Å². The lowest BCUT2D eigenvalue weighted by atomic mass is 9.94. The summed E-state index contributed by atoms with van der Waals surface area (Å²) in [7, 11) is 0. The number of carbonyl (C=O) groups is 1. The summed E-state index contributed by atoms with van der Waals surface area (Å²) in [4.78, 5) is 14.2. The van der Waals surface area contributed by atoms with Crippen molar-refractivity contribution in [2.45, 2.75) is 40.2 Å². The lowest BCUT2D eigenvalue weighted by Gasteiger charge is -2.33. The smallest absolute Gasteiger partial charge is 0.225 e. The molecule has 1 saturated heterocycles. The molecule has 1 fully saturated rings. The van der Waals surface area contributed by atoms with Gasteiger partial charge >= 0.3 is 0 Å². The number of amides is 1. The Morgan fingerprint density at radius 2 is 2.09 bits per heavy atom. The molecule has 122 valence electrons. The van der Waals surface area contributed by atoms with E-state index >= 15 is 0 Å². The van der Waals surface area contributed by atoms with E-state index in [1.165, 1.54) is 6.07 Å². The highest BCUT2D eigenvalue weighted by Crippen LogP contribution is 2.20. The minimum absolute atomic E-state index is 0.0960. The average Bonchev–Trinajstić information content (AvgIpc) is 2.46. The Morgan fingerprint density at radius 1 is 1.36 bits per heavy atom.